The van der Waals surface area contributed by atoms with E-state index in [1.54, 1.807) is 0 Å². The van der Waals surface area contributed by atoms with Crippen LogP contribution in [0.25, 0.3) is 0 Å². The maximum Gasteiger partial charge on any atom is 1.00 e. The molecule has 0 aliphatic carbocycles. The Balaban J connectivity index is 0. The molecule has 0 bridgehead atoms. The van der Waals surface area contributed by atoms with Crippen LogP contribution in [0.3, 0.4) is 0 Å². The molecule has 0 radical (unpaired) electrons. The Morgan fingerprint density at radius 3 is 1.75 bits per heavy atom. The van der Waals surface area contributed by atoms with Gasteiger partial charge in [-0.25, -0.2) is 0 Å². The summed E-state index contributed by atoms with van der Waals surface area (Å²) >= 11 is 0. The summed E-state index contributed by atoms with van der Waals surface area (Å²) in [6, 6.07) is 0. The minimum absolute atomic E-state index is 0. The molecule has 3 nitrogen and oxygen atoms in total. The predicted molar refractivity (Wildman–Crippen MR) is 23.9 cm³/mol. The minimum atomic E-state index is -2.69. The van der Waals surface area contributed by atoms with Gasteiger partial charge in [0, 0.05) is 13.8 Å². The molecule has 5 heteroatoms. The van der Waals surface area contributed by atoms with Crippen LogP contribution in [-0.4, -0.2) is 10.4 Å². The second-order valence-electron chi connectivity index (χ2n) is 1.75. The van der Waals surface area contributed by atoms with E-state index in [1.165, 1.54) is 13.8 Å². The molecule has 0 spiro atoms. The first-order valence-corrected chi connectivity index (χ1v) is 2.99. The van der Waals surface area contributed by atoms with Crippen LogP contribution < -0.4 is 34.5 Å². The third-order valence-electron chi connectivity index (χ3n) is 0.447. The summed E-state index contributed by atoms with van der Waals surface area (Å²) in [4.78, 5) is 9.81. The molecule has 0 saturated heterocycles. The van der Waals surface area contributed by atoms with Crippen molar-refractivity contribution < 1.29 is 44.1 Å². The van der Waals surface area contributed by atoms with E-state index >= 15 is 0 Å². The average Bonchev–Trinajstić information content (AvgIpc) is 1.31. The number of hydrogen-bond acceptors (Lipinski definition) is 3. The zero-order chi connectivity index (χ0) is 6.08. The number of hydrogen-bond donors (Lipinski definition) is 1. The second-order valence-corrected chi connectivity index (χ2v) is 3.36. The van der Waals surface area contributed by atoms with Crippen molar-refractivity contribution >= 4 is 8.03 Å². The van der Waals surface area contributed by atoms with Crippen LogP contribution in [-0.2, 0) is 4.57 Å². The molecule has 1 atom stereocenters. The van der Waals surface area contributed by atoms with Gasteiger partial charge in [-0.2, -0.15) is 0 Å². The summed E-state index contributed by atoms with van der Waals surface area (Å²) in [5.74, 6) is 0. The summed E-state index contributed by atoms with van der Waals surface area (Å²) in [6.45, 7) is 2.44. The van der Waals surface area contributed by atoms with Crippen LogP contribution in [0.2, 0.25) is 0 Å². The van der Waals surface area contributed by atoms with Crippen molar-refractivity contribution in [1.82, 2.24) is 0 Å². The third kappa shape index (κ3) is 5.16. The van der Waals surface area contributed by atoms with Crippen molar-refractivity contribution in [2.75, 3.05) is 0 Å². The topological polar surface area (TPSA) is 60.4 Å². The summed E-state index contributed by atoms with van der Waals surface area (Å²) < 4.78 is 9.81. The van der Waals surface area contributed by atoms with Crippen LogP contribution in [0, 0.1) is 0 Å². The number of aliphatic hydroxyl groups is 1. The minimum Gasteiger partial charge on any atom is -0.593 e. The maximum absolute atomic E-state index is 9.81. The van der Waals surface area contributed by atoms with E-state index in [0.717, 1.165) is 0 Å². The molecule has 0 amide bonds. The molecule has 0 fully saturated rings. The maximum atomic E-state index is 9.81. The van der Waals surface area contributed by atoms with Crippen molar-refractivity contribution in [3.8, 4) is 0 Å². The van der Waals surface area contributed by atoms with Gasteiger partial charge in [-0.05, 0) is 0 Å². The molecule has 0 saturated carbocycles. The van der Waals surface area contributed by atoms with Gasteiger partial charge in [0.05, 0.1) is 0 Å². The molecular weight excluding hydrogens is 138 g/mol. The SMILES string of the molecule is CC(C)(O)[P+](=O)[O-].[Na+]. The summed E-state index contributed by atoms with van der Waals surface area (Å²) in [5.41, 5.74) is 0. The fourth-order valence-corrected chi connectivity index (χ4v) is 0. The second kappa shape index (κ2) is 3.94. The van der Waals surface area contributed by atoms with Gasteiger partial charge in [-0.3, -0.25) is 0 Å². The Hall–Kier alpha value is 1.02. The Kier molecular flexibility index (Phi) is 5.79. The molecule has 0 aliphatic heterocycles. The predicted octanol–water partition coefficient (Wildman–Crippen LogP) is -3.18. The van der Waals surface area contributed by atoms with Crippen molar-refractivity contribution in [2.24, 2.45) is 0 Å². The first kappa shape index (κ1) is 11.8. The van der Waals surface area contributed by atoms with Gasteiger partial charge in [0.25, 0.3) is 5.34 Å². The normalized spacial score (nSPS) is 12.2. The molecule has 0 aromatic carbocycles. The molecule has 0 heterocycles. The van der Waals surface area contributed by atoms with Crippen LogP contribution in [0.5, 0.6) is 0 Å². The first-order valence-electron chi connectivity index (χ1n) is 1.81. The fourth-order valence-electron chi connectivity index (χ4n) is 0. The van der Waals surface area contributed by atoms with E-state index in [1.807, 2.05) is 0 Å². The summed E-state index contributed by atoms with van der Waals surface area (Å²) in [7, 11) is -2.69. The molecule has 1 N–H and O–H groups in total. The molecule has 42 valence electrons. The van der Waals surface area contributed by atoms with Gasteiger partial charge in [0.15, 0.2) is 0 Å². The molecule has 1 unspecified atom stereocenters. The fraction of sp³-hybridized carbons (Fsp3) is 1.00. The molecule has 8 heavy (non-hydrogen) atoms. The van der Waals surface area contributed by atoms with E-state index < -0.39 is 13.4 Å². The van der Waals surface area contributed by atoms with Crippen LogP contribution in [0.1, 0.15) is 13.8 Å². The van der Waals surface area contributed by atoms with Crippen molar-refractivity contribution in [1.29, 1.82) is 0 Å². The Morgan fingerprint density at radius 2 is 1.75 bits per heavy atom. The van der Waals surface area contributed by atoms with Crippen LogP contribution in [0.4, 0.5) is 0 Å². The molecule has 0 aliphatic rings. The molecule has 0 rings (SSSR count). The quantitative estimate of drug-likeness (QED) is 0.312. The third-order valence-corrected chi connectivity index (χ3v) is 1.34. The van der Waals surface area contributed by atoms with Crippen LogP contribution >= 0.6 is 8.03 Å². The van der Waals surface area contributed by atoms with Gasteiger partial charge in [0.2, 0.25) is 0 Å². The Morgan fingerprint density at radius 1 is 1.62 bits per heavy atom. The standard InChI is InChI=1S/C3H7O3P.Na/c1-3(2,4)7(5)6;/h4H,1-2H3;/q;+1. The first-order chi connectivity index (χ1) is 2.94. The van der Waals surface area contributed by atoms with Gasteiger partial charge in [0.1, 0.15) is 0 Å². The van der Waals surface area contributed by atoms with Crippen molar-refractivity contribution in [3.63, 3.8) is 0 Å². The molecule has 0 aromatic heterocycles. The van der Waals surface area contributed by atoms with E-state index in [4.69, 9.17) is 5.11 Å². The Bertz CT molecular complexity index is 87.0. The largest absolute Gasteiger partial charge is 1.00 e. The summed E-state index contributed by atoms with van der Waals surface area (Å²) in [6.07, 6.45) is 0. The van der Waals surface area contributed by atoms with E-state index in [2.05, 4.69) is 0 Å². The molecule has 0 aromatic rings. The molecular formula is C3H7NaO3P+. The summed E-state index contributed by atoms with van der Waals surface area (Å²) in [5, 5.41) is 6.95. The smallest absolute Gasteiger partial charge is 0.593 e. The van der Waals surface area contributed by atoms with Crippen molar-refractivity contribution in [3.05, 3.63) is 0 Å². The Labute approximate surface area is 71.3 Å². The zero-order valence-electron chi connectivity index (χ0n) is 5.21. The zero-order valence-corrected chi connectivity index (χ0v) is 8.11. The average molecular weight is 145 g/mol. The number of rotatable bonds is 1. The van der Waals surface area contributed by atoms with E-state index in [0.29, 0.717) is 0 Å². The van der Waals surface area contributed by atoms with Gasteiger partial charge in [-0.1, -0.05) is 4.57 Å². The monoisotopic (exact) mass is 145 g/mol. The van der Waals surface area contributed by atoms with Gasteiger partial charge in [-0.15, -0.1) is 0 Å². The van der Waals surface area contributed by atoms with E-state index in [-0.39, 0.29) is 29.6 Å². The van der Waals surface area contributed by atoms with Crippen molar-refractivity contribution in [2.45, 2.75) is 19.2 Å². The van der Waals surface area contributed by atoms with E-state index in [9.17, 15) is 9.46 Å². The van der Waals surface area contributed by atoms with Gasteiger partial charge < -0.3 is 10.00 Å². The van der Waals surface area contributed by atoms with Gasteiger partial charge >= 0.3 is 37.6 Å². The van der Waals surface area contributed by atoms with Crippen LogP contribution in [0.15, 0.2) is 0 Å².